The highest BCUT2D eigenvalue weighted by molar-refractivity contribution is 7.80. The van der Waals surface area contributed by atoms with E-state index in [0.717, 1.165) is 38.2 Å². The molecule has 0 aromatic heterocycles. The Morgan fingerprint density at radius 3 is 2.94 bits per heavy atom. The monoisotopic (exact) mass is 265 g/mol. The summed E-state index contributed by atoms with van der Waals surface area (Å²) in [6, 6.07) is 7.09. The summed E-state index contributed by atoms with van der Waals surface area (Å²) in [6.07, 6.45) is 1.08. The second-order valence-corrected chi connectivity index (χ2v) is 5.01. The molecule has 2 rings (SSSR count). The van der Waals surface area contributed by atoms with Crippen LogP contribution in [0.3, 0.4) is 0 Å². The number of benzene rings is 1. The van der Waals surface area contributed by atoms with Crippen LogP contribution < -0.4 is 11.1 Å². The van der Waals surface area contributed by atoms with Crippen molar-refractivity contribution in [3.05, 3.63) is 29.8 Å². The van der Waals surface area contributed by atoms with Crippen LogP contribution in [0, 0.1) is 0 Å². The van der Waals surface area contributed by atoms with E-state index >= 15 is 0 Å². The van der Waals surface area contributed by atoms with Crippen LogP contribution >= 0.6 is 12.2 Å². The van der Waals surface area contributed by atoms with Crippen LogP contribution in [0.1, 0.15) is 18.0 Å². The molecule has 1 aliphatic heterocycles. The molecule has 1 fully saturated rings. The third-order valence-electron chi connectivity index (χ3n) is 3.20. The van der Waals surface area contributed by atoms with Gasteiger partial charge in [0.1, 0.15) is 5.75 Å². The van der Waals surface area contributed by atoms with Gasteiger partial charge in [0, 0.05) is 19.6 Å². The second kappa shape index (κ2) is 6.13. The first-order valence-electron chi connectivity index (χ1n) is 6.21. The first kappa shape index (κ1) is 13.3. The SMILES string of the molecule is NC(=S)C(c1cccc(O)c1)N1CCCNCC1. The maximum Gasteiger partial charge on any atom is 0.115 e. The molecule has 1 saturated heterocycles. The lowest BCUT2D eigenvalue weighted by Crippen LogP contribution is -2.38. The van der Waals surface area contributed by atoms with E-state index in [1.165, 1.54) is 0 Å². The maximum absolute atomic E-state index is 9.58. The first-order chi connectivity index (χ1) is 8.68. The molecule has 1 aromatic rings. The number of nitrogens with two attached hydrogens (primary N) is 1. The number of phenols is 1. The van der Waals surface area contributed by atoms with Gasteiger partial charge in [-0.25, -0.2) is 0 Å². The Balaban J connectivity index is 2.24. The first-order valence-corrected chi connectivity index (χ1v) is 6.62. The molecule has 4 N–H and O–H groups in total. The molecule has 1 atom stereocenters. The standard InChI is InChI=1S/C13H19N3OS/c14-13(18)12(10-3-1-4-11(17)9-10)16-7-2-5-15-6-8-16/h1,3-4,9,12,15,17H,2,5-8H2,(H2,14,18). The number of aromatic hydroxyl groups is 1. The number of hydrogen-bond acceptors (Lipinski definition) is 4. The van der Waals surface area contributed by atoms with Crippen molar-refractivity contribution in [2.75, 3.05) is 26.2 Å². The van der Waals surface area contributed by atoms with Gasteiger partial charge in [0.2, 0.25) is 0 Å². The minimum absolute atomic E-state index is 0.0907. The molecule has 0 bridgehead atoms. The minimum atomic E-state index is -0.0907. The molecule has 18 heavy (non-hydrogen) atoms. The Bertz CT molecular complexity index is 416. The van der Waals surface area contributed by atoms with Crippen molar-refractivity contribution in [2.24, 2.45) is 5.73 Å². The number of thiocarbonyl (C=S) groups is 1. The fourth-order valence-electron chi connectivity index (χ4n) is 2.37. The minimum Gasteiger partial charge on any atom is -0.508 e. The van der Waals surface area contributed by atoms with E-state index < -0.39 is 0 Å². The Morgan fingerprint density at radius 1 is 1.39 bits per heavy atom. The van der Waals surface area contributed by atoms with E-state index in [2.05, 4.69) is 10.2 Å². The van der Waals surface area contributed by atoms with E-state index in [0.29, 0.717) is 4.99 Å². The lowest BCUT2D eigenvalue weighted by molar-refractivity contribution is 0.261. The smallest absolute Gasteiger partial charge is 0.115 e. The van der Waals surface area contributed by atoms with Crippen molar-refractivity contribution in [1.29, 1.82) is 0 Å². The van der Waals surface area contributed by atoms with Crippen molar-refractivity contribution in [2.45, 2.75) is 12.5 Å². The molecule has 5 heteroatoms. The van der Waals surface area contributed by atoms with E-state index in [4.69, 9.17) is 18.0 Å². The molecule has 0 saturated carbocycles. The van der Waals surface area contributed by atoms with E-state index in [1.807, 2.05) is 12.1 Å². The summed E-state index contributed by atoms with van der Waals surface area (Å²) in [5.74, 6) is 0.252. The summed E-state index contributed by atoms with van der Waals surface area (Å²) < 4.78 is 0. The van der Waals surface area contributed by atoms with Gasteiger partial charge in [0.05, 0.1) is 11.0 Å². The third kappa shape index (κ3) is 3.19. The van der Waals surface area contributed by atoms with Crippen LogP contribution in [-0.4, -0.2) is 41.2 Å². The van der Waals surface area contributed by atoms with Crippen LogP contribution in [0.25, 0.3) is 0 Å². The van der Waals surface area contributed by atoms with Crippen molar-refractivity contribution in [3.63, 3.8) is 0 Å². The normalized spacial score (nSPS) is 19.1. The summed E-state index contributed by atoms with van der Waals surface area (Å²) in [5, 5.41) is 12.9. The van der Waals surface area contributed by atoms with Crippen molar-refractivity contribution < 1.29 is 5.11 Å². The fourth-order valence-corrected chi connectivity index (χ4v) is 2.66. The maximum atomic E-state index is 9.58. The van der Waals surface area contributed by atoms with Crippen molar-refractivity contribution in [1.82, 2.24) is 10.2 Å². The molecule has 0 amide bonds. The lowest BCUT2D eigenvalue weighted by atomic mass is 10.0. The zero-order valence-electron chi connectivity index (χ0n) is 10.3. The topological polar surface area (TPSA) is 61.5 Å². The van der Waals surface area contributed by atoms with Crippen LogP contribution in [-0.2, 0) is 0 Å². The van der Waals surface area contributed by atoms with Gasteiger partial charge in [-0.2, -0.15) is 0 Å². The molecular weight excluding hydrogens is 246 g/mol. The Kier molecular flexibility index (Phi) is 4.52. The average molecular weight is 265 g/mol. The summed E-state index contributed by atoms with van der Waals surface area (Å²) in [7, 11) is 0. The summed E-state index contributed by atoms with van der Waals surface area (Å²) in [5.41, 5.74) is 6.85. The fraction of sp³-hybridized carbons (Fsp3) is 0.462. The molecule has 4 nitrogen and oxygen atoms in total. The van der Waals surface area contributed by atoms with Gasteiger partial charge in [-0.3, -0.25) is 4.90 Å². The highest BCUT2D eigenvalue weighted by atomic mass is 32.1. The van der Waals surface area contributed by atoms with Crippen molar-refractivity contribution in [3.8, 4) is 5.75 Å². The molecule has 1 aromatic carbocycles. The zero-order chi connectivity index (χ0) is 13.0. The van der Waals surface area contributed by atoms with Gasteiger partial charge < -0.3 is 16.2 Å². The Labute approximate surface area is 113 Å². The average Bonchev–Trinajstić information content (AvgIpc) is 2.58. The highest BCUT2D eigenvalue weighted by Gasteiger charge is 2.23. The zero-order valence-corrected chi connectivity index (χ0v) is 11.1. The third-order valence-corrected chi connectivity index (χ3v) is 3.42. The molecule has 98 valence electrons. The predicted molar refractivity (Wildman–Crippen MR) is 76.7 cm³/mol. The molecule has 0 spiro atoms. The lowest BCUT2D eigenvalue weighted by Gasteiger charge is -2.29. The van der Waals surface area contributed by atoms with Gasteiger partial charge in [-0.15, -0.1) is 0 Å². The number of phenolic OH excluding ortho intramolecular Hbond substituents is 1. The predicted octanol–water partition coefficient (Wildman–Crippen LogP) is 1.01. The molecule has 0 aliphatic carbocycles. The molecule has 0 radical (unpaired) electrons. The number of rotatable bonds is 3. The van der Waals surface area contributed by atoms with Gasteiger partial charge in [0.15, 0.2) is 0 Å². The van der Waals surface area contributed by atoms with E-state index in [9.17, 15) is 5.11 Å². The van der Waals surface area contributed by atoms with Gasteiger partial charge >= 0.3 is 0 Å². The summed E-state index contributed by atoms with van der Waals surface area (Å²) in [6.45, 7) is 3.85. The Hall–Kier alpha value is -1.17. The number of hydrogen-bond donors (Lipinski definition) is 3. The van der Waals surface area contributed by atoms with Crippen LogP contribution in [0.4, 0.5) is 0 Å². The number of nitrogens with one attached hydrogen (secondary N) is 1. The number of nitrogens with zero attached hydrogens (tertiary/aromatic N) is 1. The molecule has 1 aliphatic rings. The summed E-state index contributed by atoms with van der Waals surface area (Å²) in [4.78, 5) is 2.74. The van der Waals surface area contributed by atoms with E-state index in [1.54, 1.807) is 12.1 Å². The molecule has 1 unspecified atom stereocenters. The van der Waals surface area contributed by atoms with Gasteiger partial charge in [-0.1, -0.05) is 24.4 Å². The van der Waals surface area contributed by atoms with Gasteiger partial charge in [-0.05, 0) is 30.7 Å². The molecular formula is C13H19N3OS. The van der Waals surface area contributed by atoms with Gasteiger partial charge in [0.25, 0.3) is 0 Å². The van der Waals surface area contributed by atoms with Crippen molar-refractivity contribution >= 4 is 17.2 Å². The highest BCUT2D eigenvalue weighted by Crippen LogP contribution is 2.24. The van der Waals surface area contributed by atoms with Crippen LogP contribution in [0.15, 0.2) is 24.3 Å². The second-order valence-electron chi connectivity index (χ2n) is 4.54. The molecule has 1 heterocycles. The quantitative estimate of drug-likeness (QED) is 0.712. The van der Waals surface area contributed by atoms with E-state index in [-0.39, 0.29) is 11.8 Å². The largest absolute Gasteiger partial charge is 0.508 e. The Morgan fingerprint density at radius 2 is 2.22 bits per heavy atom. The van der Waals surface area contributed by atoms with Crippen LogP contribution in [0.5, 0.6) is 5.75 Å². The summed E-state index contributed by atoms with van der Waals surface area (Å²) >= 11 is 5.20. The van der Waals surface area contributed by atoms with Crippen LogP contribution in [0.2, 0.25) is 0 Å².